The van der Waals surface area contributed by atoms with E-state index in [1.54, 1.807) is 0 Å². The van der Waals surface area contributed by atoms with Gasteiger partial charge < -0.3 is 14.9 Å². The summed E-state index contributed by atoms with van der Waals surface area (Å²) in [6.45, 7) is 11.2. The molecule has 2 N–H and O–H groups in total. The molecule has 124 valence electrons. The van der Waals surface area contributed by atoms with E-state index < -0.39 is 12.1 Å². The molecule has 4 nitrogen and oxygen atoms in total. The van der Waals surface area contributed by atoms with Crippen LogP contribution in [0.1, 0.15) is 40.0 Å². The minimum absolute atomic E-state index is 0.0677. The molecule has 0 aromatic carbocycles. The quantitative estimate of drug-likeness (QED) is 0.619. The Kier molecular flexibility index (Phi) is 3.89. The van der Waals surface area contributed by atoms with E-state index in [1.807, 2.05) is 0 Å². The number of hydrogen-bond acceptors (Lipinski definition) is 4. The predicted molar refractivity (Wildman–Crippen MR) is 82.9 cm³/mol. The van der Waals surface area contributed by atoms with Crippen LogP contribution in [0.5, 0.6) is 0 Å². The van der Waals surface area contributed by atoms with Crippen LogP contribution in [0.15, 0.2) is 12.2 Å². The van der Waals surface area contributed by atoms with Crippen molar-refractivity contribution in [3.63, 3.8) is 0 Å². The fourth-order valence-electron chi connectivity index (χ4n) is 5.48. The first-order valence-corrected chi connectivity index (χ1v) is 8.50. The van der Waals surface area contributed by atoms with Gasteiger partial charge in [0.25, 0.3) is 0 Å². The van der Waals surface area contributed by atoms with E-state index in [1.165, 1.54) is 0 Å². The maximum absolute atomic E-state index is 11.6. The minimum atomic E-state index is -1.00. The second-order valence-electron chi connectivity index (χ2n) is 8.01. The molecule has 0 aromatic rings. The molecule has 7 atom stereocenters. The van der Waals surface area contributed by atoms with Gasteiger partial charge in [0, 0.05) is 18.9 Å². The molecule has 3 fully saturated rings. The van der Waals surface area contributed by atoms with Gasteiger partial charge in [-0.15, -0.1) is 0 Å². The van der Waals surface area contributed by atoms with Crippen LogP contribution < -0.4 is 0 Å². The number of carbonyl (C=O) groups excluding carboxylic acids is 1. The molecular formula is C18H28O4. The lowest BCUT2D eigenvalue weighted by molar-refractivity contribution is -0.149. The Hall–Kier alpha value is -0.870. The van der Waals surface area contributed by atoms with Gasteiger partial charge in [-0.2, -0.15) is 0 Å². The molecule has 3 rings (SSSR count). The van der Waals surface area contributed by atoms with Crippen LogP contribution in [0.2, 0.25) is 0 Å². The van der Waals surface area contributed by atoms with E-state index in [9.17, 15) is 15.0 Å². The van der Waals surface area contributed by atoms with Gasteiger partial charge >= 0.3 is 5.97 Å². The fourth-order valence-corrected chi connectivity index (χ4v) is 5.48. The first kappa shape index (κ1) is 16.0. The van der Waals surface area contributed by atoms with Crippen molar-refractivity contribution in [1.29, 1.82) is 0 Å². The molecular weight excluding hydrogens is 280 g/mol. The van der Waals surface area contributed by atoms with Crippen molar-refractivity contribution in [2.45, 2.75) is 52.2 Å². The van der Waals surface area contributed by atoms with E-state index >= 15 is 0 Å². The van der Waals surface area contributed by atoms with E-state index in [-0.39, 0.29) is 30.0 Å². The first-order chi connectivity index (χ1) is 10.3. The van der Waals surface area contributed by atoms with Crippen molar-refractivity contribution < 1.29 is 19.7 Å². The third-order valence-corrected chi connectivity index (χ3v) is 6.77. The second-order valence-corrected chi connectivity index (χ2v) is 8.01. The maximum Gasteiger partial charge on any atom is 0.335 e. The van der Waals surface area contributed by atoms with Gasteiger partial charge in [-0.05, 0) is 41.9 Å². The molecule has 4 heteroatoms. The molecule has 1 aliphatic heterocycles. The number of aliphatic hydroxyl groups excluding tert-OH is 2. The van der Waals surface area contributed by atoms with Crippen molar-refractivity contribution in [3.05, 3.63) is 12.2 Å². The zero-order chi connectivity index (χ0) is 16.2. The van der Waals surface area contributed by atoms with Crippen molar-refractivity contribution in [3.8, 4) is 0 Å². The van der Waals surface area contributed by atoms with Crippen molar-refractivity contribution in [2.24, 2.45) is 35.0 Å². The Balaban J connectivity index is 1.98. The maximum atomic E-state index is 11.6. The van der Waals surface area contributed by atoms with Gasteiger partial charge in [0.1, 0.15) is 6.10 Å². The predicted octanol–water partition coefficient (Wildman–Crippen LogP) is 2.15. The number of ether oxygens (including phenoxy) is 1. The number of esters is 1. The molecule has 3 unspecified atom stereocenters. The van der Waals surface area contributed by atoms with E-state index in [2.05, 4.69) is 27.4 Å². The molecule has 2 bridgehead atoms. The van der Waals surface area contributed by atoms with Gasteiger partial charge in [-0.25, -0.2) is 4.79 Å². The van der Waals surface area contributed by atoms with Crippen LogP contribution in [-0.4, -0.2) is 35.0 Å². The zero-order valence-electron chi connectivity index (χ0n) is 13.8. The Labute approximate surface area is 132 Å². The average Bonchev–Trinajstić information content (AvgIpc) is 2.83. The molecule has 2 aliphatic carbocycles. The first-order valence-electron chi connectivity index (χ1n) is 8.50. The highest BCUT2D eigenvalue weighted by atomic mass is 16.6. The summed E-state index contributed by atoms with van der Waals surface area (Å²) in [5.41, 5.74) is 1.04. The topological polar surface area (TPSA) is 66.8 Å². The highest BCUT2D eigenvalue weighted by Gasteiger charge is 2.61. The standard InChI is InChI=1S/C18H28O4/c1-9(2)11-5-6-18(4)10(3)15(16(11)12(18)8-19)14-7-13(20)17(21)22-14/h9,11-16,19-20H,3,5-8H2,1-2,4H3/t11?,12-,13?,14?,15+,16-,18-/m0/s1. The molecule has 0 spiro atoms. The highest BCUT2D eigenvalue weighted by Crippen LogP contribution is 2.65. The summed E-state index contributed by atoms with van der Waals surface area (Å²) in [6, 6.07) is 0. The summed E-state index contributed by atoms with van der Waals surface area (Å²) in [5.74, 6) is 1.07. The minimum Gasteiger partial charge on any atom is -0.460 e. The van der Waals surface area contributed by atoms with Gasteiger partial charge in [0.2, 0.25) is 0 Å². The average molecular weight is 308 g/mol. The molecule has 1 heterocycles. The summed E-state index contributed by atoms with van der Waals surface area (Å²) in [7, 11) is 0. The summed E-state index contributed by atoms with van der Waals surface area (Å²) in [4.78, 5) is 11.6. The second kappa shape index (κ2) is 5.34. The number of aliphatic hydroxyl groups is 2. The number of carbonyl (C=O) groups is 1. The Morgan fingerprint density at radius 1 is 1.45 bits per heavy atom. The summed E-state index contributed by atoms with van der Waals surface area (Å²) in [6.07, 6.45) is 1.24. The molecule has 0 amide bonds. The van der Waals surface area contributed by atoms with Crippen LogP contribution in [0.4, 0.5) is 0 Å². The van der Waals surface area contributed by atoms with E-state index in [0.29, 0.717) is 24.2 Å². The largest absolute Gasteiger partial charge is 0.460 e. The number of rotatable bonds is 3. The van der Waals surface area contributed by atoms with Crippen LogP contribution in [0, 0.1) is 35.0 Å². The molecule has 2 saturated carbocycles. The number of hydrogen-bond donors (Lipinski definition) is 2. The van der Waals surface area contributed by atoms with Crippen LogP contribution in [0.25, 0.3) is 0 Å². The van der Waals surface area contributed by atoms with Crippen LogP contribution >= 0.6 is 0 Å². The normalized spacial score (nSPS) is 48.1. The van der Waals surface area contributed by atoms with E-state index in [4.69, 9.17) is 4.74 Å². The summed E-state index contributed by atoms with van der Waals surface area (Å²) < 4.78 is 5.47. The summed E-state index contributed by atoms with van der Waals surface area (Å²) >= 11 is 0. The lowest BCUT2D eigenvalue weighted by Gasteiger charge is -2.44. The van der Waals surface area contributed by atoms with Crippen molar-refractivity contribution in [2.75, 3.05) is 6.61 Å². The van der Waals surface area contributed by atoms with E-state index in [0.717, 1.165) is 18.4 Å². The van der Waals surface area contributed by atoms with Gasteiger partial charge in [0.05, 0.1) is 0 Å². The highest BCUT2D eigenvalue weighted by molar-refractivity contribution is 5.76. The van der Waals surface area contributed by atoms with Crippen LogP contribution in [0.3, 0.4) is 0 Å². The lowest BCUT2D eigenvalue weighted by atomic mass is 9.61. The SMILES string of the molecule is C=C1[C@H](C2CC(O)C(=O)O2)[C@H]2C(C(C)C)CC[C@]1(C)[C@H]2CO. The molecule has 1 saturated heterocycles. The lowest BCUT2D eigenvalue weighted by Crippen LogP contribution is -2.41. The molecule has 22 heavy (non-hydrogen) atoms. The zero-order valence-corrected chi connectivity index (χ0v) is 13.8. The Bertz CT molecular complexity index is 485. The third kappa shape index (κ3) is 2.07. The molecule has 3 aliphatic rings. The van der Waals surface area contributed by atoms with Crippen molar-refractivity contribution in [1.82, 2.24) is 0 Å². The molecule has 0 aromatic heterocycles. The fraction of sp³-hybridized carbons (Fsp3) is 0.833. The van der Waals surface area contributed by atoms with Crippen LogP contribution in [-0.2, 0) is 9.53 Å². The monoisotopic (exact) mass is 308 g/mol. The van der Waals surface area contributed by atoms with Gasteiger partial charge in [-0.3, -0.25) is 0 Å². The van der Waals surface area contributed by atoms with Gasteiger partial charge in [-0.1, -0.05) is 32.9 Å². The third-order valence-electron chi connectivity index (χ3n) is 6.77. The van der Waals surface area contributed by atoms with Crippen molar-refractivity contribution >= 4 is 5.97 Å². The van der Waals surface area contributed by atoms with Gasteiger partial charge in [0.15, 0.2) is 6.10 Å². The Morgan fingerprint density at radius 3 is 2.64 bits per heavy atom. The summed E-state index contributed by atoms with van der Waals surface area (Å²) in [5, 5.41) is 19.8. The number of fused-ring (bicyclic) bond motifs is 2. The Morgan fingerprint density at radius 2 is 2.14 bits per heavy atom. The number of cyclic esters (lactones) is 1. The smallest absolute Gasteiger partial charge is 0.335 e. The molecule has 0 radical (unpaired) electrons.